The van der Waals surface area contributed by atoms with E-state index in [-0.39, 0.29) is 5.91 Å². The van der Waals surface area contributed by atoms with Crippen LogP contribution in [0.5, 0.6) is 0 Å². The number of amides is 1. The van der Waals surface area contributed by atoms with E-state index in [0.717, 1.165) is 27.7 Å². The molecule has 2 aromatic carbocycles. The number of aliphatic imine (C=N–C) groups is 1. The number of aryl methyl sites for hydroxylation is 3. The molecule has 130 valence electrons. The van der Waals surface area contributed by atoms with Gasteiger partial charge in [-0.2, -0.15) is 0 Å². The first-order chi connectivity index (χ1) is 12.5. The first kappa shape index (κ1) is 16.7. The van der Waals surface area contributed by atoms with Crippen molar-refractivity contribution in [3.05, 3.63) is 70.3 Å². The minimum absolute atomic E-state index is 0.105. The maximum absolute atomic E-state index is 12.4. The monoisotopic (exact) mass is 361 g/mol. The second-order valence-electron chi connectivity index (χ2n) is 6.48. The van der Waals surface area contributed by atoms with Crippen LogP contribution in [-0.4, -0.2) is 15.6 Å². The second kappa shape index (κ2) is 6.50. The van der Waals surface area contributed by atoms with Crippen LogP contribution in [0.4, 0.5) is 5.69 Å². The third-order valence-electron chi connectivity index (χ3n) is 4.44. The molecule has 1 amide bonds. The smallest absolute Gasteiger partial charge is 0.264 e. The third kappa shape index (κ3) is 3.06. The van der Waals surface area contributed by atoms with E-state index in [1.54, 1.807) is 0 Å². The van der Waals surface area contributed by atoms with Gasteiger partial charge in [0.25, 0.3) is 5.91 Å². The molecule has 0 aliphatic carbocycles. The Labute approximate surface area is 156 Å². The normalized spacial score (nSPS) is 17.4. The number of amidine groups is 1. The Hall–Kier alpha value is -2.79. The van der Waals surface area contributed by atoms with Crippen molar-refractivity contribution in [2.45, 2.75) is 13.8 Å². The number of nitrogens with zero attached hydrogens (tertiary/aromatic N) is 2. The first-order valence-electron chi connectivity index (χ1n) is 8.42. The largest absolute Gasteiger partial charge is 0.350 e. The standard InChI is InChI=1S/C21H19N3OS/c1-13-8-9-17(14(2)10-13)22-21-23-20(25)19(26-21)11-15-12-24(3)18-7-5-4-6-16(15)18/h4-12H,1-3H3,(H,22,23,25)/b19-11-. The molecular formula is C21H19N3OS. The van der Waals surface area contributed by atoms with Gasteiger partial charge in [-0.3, -0.25) is 4.79 Å². The molecule has 1 N–H and O–H groups in total. The molecular weight excluding hydrogens is 342 g/mol. The minimum Gasteiger partial charge on any atom is -0.350 e. The van der Waals surface area contributed by atoms with Gasteiger partial charge in [0.2, 0.25) is 0 Å². The minimum atomic E-state index is -0.105. The number of carbonyl (C=O) groups is 1. The molecule has 2 heterocycles. The third-order valence-corrected chi connectivity index (χ3v) is 5.35. The molecule has 0 radical (unpaired) electrons. The summed E-state index contributed by atoms with van der Waals surface area (Å²) in [6.07, 6.45) is 3.98. The highest BCUT2D eigenvalue weighted by atomic mass is 32.2. The summed E-state index contributed by atoms with van der Waals surface area (Å²) >= 11 is 1.38. The van der Waals surface area contributed by atoms with Gasteiger partial charge in [-0.25, -0.2) is 4.99 Å². The summed E-state index contributed by atoms with van der Waals surface area (Å²) in [6, 6.07) is 14.3. The Kier molecular flexibility index (Phi) is 4.17. The molecule has 1 aliphatic rings. The number of aromatic nitrogens is 1. The van der Waals surface area contributed by atoms with Gasteiger partial charge in [-0.15, -0.1) is 0 Å². The average molecular weight is 361 g/mol. The van der Waals surface area contributed by atoms with Crippen LogP contribution in [-0.2, 0) is 11.8 Å². The van der Waals surface area contributed by atoms with Gasteiger partial charge in [0.1, 0.15) is 0 Å². The fourth-order valence-electron chi connectivity index (χ4n) is 3.15. The molecule has 0 saturated carbocycles. The number of hydrogen-bond acceptors (Lipinski definition) is 3. The summed E-state index contributed by atoms with van der Waals surface area (Å²) in [5.41, 5.74) is 5.36. The lowest BCUT2D eigenvalue weighted by Crippen LogP contribution is -2.19. The SMILES string of the molecule is Cc1ccc(N=C2NC(=O)/C(=C/c3cn(C)c4ccccc34)S2)c(C)c1. The number of fused-ring (bicyclic) bond motifs is 1. The van der Waals surface area contributed by atoms with Gasteiger partial charge in [-0.1, -0.05) is 35.9 Å². The Balaban J connectivity index is 1.67. The van der Waals surface area contributed by atoms with Crippen LogP contribution in [0.2, 0.25) is 0 Å². The van der Waals surface area contributed by atoms with Crippen molar-refractivity contribution in [2.75, 3.05) is 0 Å². The van der Waals surface area contributed by atoms with Crippen LogP contribution in [0.25, 0.3) is 17.0 Å². The van der Waals surface area contributed by atoms with E-state index < -0.39 is 0 Å². The van der Waals surface area contributed by atoms with E-state index in [0.29, 0.717) is 10.1 Å². The van der Waals surface area contributed by atoms with Gasteiger partial charge in [0, 0.05) is 29.7 Å². The zero-order valence-corrected chi connectivity index (χ0v) is 15.7. The van der Waals surface area contributed by atoms with Crippen molar-refractivity contribution in [1.29, 1.82) is 0 Å². The molecule has 1 aromatic heterocycles. The number of hydrogen-bond donors (Lipinski definition) is 1. The van der Waals surface area contributed by atoms with Crippen LogP contribution in [0.1, 0.15) is 16.7 Å². The van der Waals surface area contributed by atoms with Crippen LogP contribution in [0.3, 0.4) is 0 Å². The van der Waals surface area contributed by atoms with E-state index in [1.165, 1.54) is 17.3 Å². The van der Waals surface area contributed by atoms with Gasteiger partial charge in [0.05, 0.1) is 10.6 Å². The van der Waals surface area contributed by atoms with E-state index in [2.05, 4.69) is 40.0 Å². The Bertz CT molecular complexity index is 1090. The van der Waals surface area contributed by atoms with E-state index in [4.69, 9.17) is 0 Å². The number of para-hydroxylation sites is 1. The quantitative estimate of drug-likeness (QED) is 0.673. The predicted octanol–water partition coefficient (Wildman–Crippen LogP) is 4.69. The van der Waals surface area contributed by atoms with Crippen LogP contribution >= 0.6 is 11.8 Å². The van der Waals surface area contributed by atoms with Gasteiger partial charge in [0.15, 0.2) is 5.17 Å². The molecule has 4 rings (SSSR count). The van der Waals surface area contributed by atoms with E-state index >= 15 is 0 Å². The van der Waals surface area contributed by atoms with Gasteiger partial charge >= 0.3 is 0 Å². The summed E-state index contributed by atoms with van der Waals surface area (Å²) in [6.45, 7) is 4.09. The van der Waals surface area contributed by atoms with Crippen molar-refractivity contribution < 1.29 is 4.79 Å². The topological polar surface area (TPSA) is 46.4 Å². The zero-order valence-electron chi connectivity index (χ0n) is 14.9. The predicted molar refractivity (Wildman–Crippen MR) is 110 cm³/mol. The lowest BCUT2D eigenvalue weighted by Gasteiger charge is -2.02. The molecule has 1 aliphatic heterocycles. The van der Waals surface area contributed by atoms with Crippen molar-refractivity contribution in [2.24, 2.45) is 12.0 Å². The lowest BCUT2D eigenvalue weighted by molar-refractivity contribution is -0.115. The molecule has 26 heavy (non-hydrogen) atoms. The molecule has 1 fully saturated rings. The van der Waals surface area contributed by atoms with Crippen molar-refractivity contribution >= 4 is 45.5 Å². The molecule has 0 bridgehead atoms. The average Bonchev–Trinajstić information content (AvgIpc) is 3.11. The summed E-state index contributed by atoms with van der Waals surface area (Å²) in [4.78, 5) is 17.6. The van der Waals surface area contributed by atoms with Crippen molar-refractivity contribution in [3.63, 3.8) is 0 Å². The van der Waals surface area contributed by atoms with Crippen molar-refractivity contribution in [1.82, 2.24) is 9.88 Å². The Morgan fingerprint density at radius 3 is 2.77 bits per heavy atom. The Morgan fingerprint density at radius 1 is 1.15 bits per heavy atom. The summed E-state index contributed by atoms with van der Waals surface area (Å²) in [5.74, 6) is -0.105. The maximum atomic E-state index is 12.4. The second-order valence-corrected chi connectivity index (χ2v) is 7.51. The summed E-state index contributed by atoms with van der Waals surface area (Å²) in [7, 11) is 2.01. The maximum Gasteiger partial charge on any atom is 0.264 e. The highest BCUT2D eigenvalue weighted by molar-refractivity contribution is 8.18. The van der Waals surface area contributed by atoms with Gasteiger partial charge in [-0.05, 0) is 49.4 Å². The van der Waals surface area contributed by atoms with Crippen LogP contribution < -0.4 is 5.32 Å². The number of nitrogens with one attached hydrogen (secondary N) is 1. The van der Waals surface area contributed by atoms with Crippen LogP contribution in [0, 0.1) is 13.8 Å². The highest BCUT2D eigenvalue weighted by Gasteiger charge is 2.24. The summed E-state index contributed by atoms with van der Waals surface area (Å²) in [5, 5.41) is 4.62. The highest BCUT2D eigenvalue weighted by Crippen LogP contribution is 2.31. The fraction of sp³-hybridized carbons (Fsp3) is 0.143. The van der Waals surface area contributed by atoms with E-state index in [9.17, 15) is 4.79 Å². The lowest BCUT2D eigenvalue weighted by atomic mass is 10.1. The fourth-order valence-corrected chi connectivity index (χ4v) is 3.98. The van der Waals surface area contributed by atoms with Crippen molar-refractivity contribution in [3.8, 4) is 0 Å². The summed E-state index contributed by atoms with van der Waals surface area (Å²) < 4.78 is 2.07. The molecule has 0 atom stereocenters. The molecule has 0 spiro atoms. The Morgan fingerprint density at radius 2 is 1.96 bits per heavy atom. The molecule has 1 saturated heterocycles. The number of benzene rings is 2. The van der Waals surface area contributed by atoms with Crippen LogP contribution in [0.15, 0.2) is 58.6 Å². The van der Waals surface area contributed by atoms with Gasteiger partial charge < -0.3 is 9.88 Å². The molecule has 0 unspecified atom stereocenters. The zero-order chi connectivity index (χ0) is 18.3. The molecule has 3 aromatic rings. The molecule has 4 nitrogen and oxygen atoms in total. The first-order valence-corrected chi connectivity index (χ1v) is 9.24. The molecule has 5 heteroatoms. The number of thioether (sulfide) groups is 1. The number of carbonyl (C=O) groups excluding carboxylic acids is 1. The van der Waals surface area contributed by atoms with E-state index in [1.807, 2.05) is 50.5 Å². The number of rotatable bonds is 2.